The first kappa shape index (κ1) is 15.6. The molecule has 1 aromatic heterocycles. The minimum Gasteiger partial charge on any atom is -0.494 e. The zero-order valence-electron chi connectivity index (χ0n) is 13.3. The van der Waals surface area contributed by atoms with Crippen LogP contribution < -0.4 is 4.74 Å². The van der Waals surface area contributed by atoms with E-state index < -0.39 is 0 Å². The molecule has 0 radical (unpaired) electrons. The largest absolute Gasteiger partial charge is 0.494 e. The average molecular weight is 313 g/mol. The van der Waals surface area contributed by atoms with Gasteiger partial charge in [-0.15, -0.1) is 0 Å². The number of aromatic nitrogens is 2. The highest BCUT2D eigenvalue weighted by molar-refractivity contribution is 5.76. The number of likely N-dealkylation sites (tertiary alicyclic amines) is 1. The smallest absolute Gasteiger partial charge is 0.222 e. The van der Waals surface area contributed by atoms with E-state index in [-0.39, 0.29) is 5.91 Å². The molecule has 23 heavy (non-hydrogen) atoms. The van der Waals surface area contributed by atoms with Gasteiger partial charge in [-0.2, -0.15) is 0 Å². The lowest BCUT2D eigenvalue weighted by molar-refractivity contribution is -0.132. The molecule has 0 bridgehead atoms. The Balaban J connectivity index is 1.35. The second kappa shape index (κ2) is 7.81. The number of aromatic amines is 1. The Labute approximate surface area is 136 Å². The third-order valence-electron chi connectivity index (χ3n) is 4.33. The van der Waals surface area contributed by atoms with Crippen LogP contribution in [0.5, 0.6) is 5.75 Å². The summed E-state index contributed by atoms with van der Waals surface area (Å²) in [6, 6.07) is 9.72. The molecule has 0 atom stereocenters. The van der Waals surface area contributed by atoms with E-state index in [0.717, 1.165) is 43.8 Å². The molecule has 0 saturated carbocycles. The van der Waals surface area contributed by atoms with Crippen LogP contribution in [-0.2, 0) is 4.79 Å². The lowest BCUT2D eigenvalue weighted by atomic mass is 9.94. The number of piperidine rings is 1. The predicted octanol–water partition coefficient (Wildman–Crippen LogP) is 2.97. The van der Waals surface area contributed by atoms with Gasteiger partial charge in [-0.25, -0.2) is 4.98 Å². The first-order valence-electron chi connectivity index (χ1n) is 8.27. The molecule has 5 heteroatoms. The monoisotopic (exact) mass is 313 g/mol. The summed E-state index contributed by atoms with van der Waals surface area (Å²) in [5.41, 5.74) is 1.12. The fourth-order valence-corrected chi connectivity index (χ4v) is 3.01. The van der Waals surface area contributed by atoms with Crippen LogP contribution in [-0.4, -0.2) is 40.5 Å². The van der Waals surface area contributed by atoms with Crippen molar-refractivity contribution < 1.29 is 9.53 Å². The molecule has 3 rings (SSSR count). The van der Waals surface area contributed by atoms with Crippen molar-refractivity contribution in [2.75, 3.05) is 19.7 Å². The number of imidazole rings is 1. The Morgan fingerprint density at radius 3 is 2.74 bits per heavy atom. The van der Waals surface area contributed by atoms with Crippen LogP contribution >= 0.6 is 0 Å². The highest BCUT2D eigenvalue weighted by atomic mass is 16.5. The van der Waals surface area contributed by atoms with Crippen molar-refractivity contribution in [3.05, 3.63) is 48.5 Å². The third-order valence-corrected chi connectivity index (χ3v) is 4.33. The molecule has 1 aliphatic heterocycles. The standard InChI is InChI=1S/C18H23N3O2/c22-18(7-4-12-23-16-5-2-1-3-6-16)21-10-8-15(9-11-21)17-13-19-14-20-17/h1-3,5-6,13-15H,4,7-12H2,(H,19,20). The van der Waals surface area contributed by atoms with Gasteiger partial charge in [0.2, 0.25) is 5.91 Å². The van der Waals surface area contributed by atoms with Crippen molar-refractivity contribution in [3.63, 3.8) is 0 Å². The molecule has 1 amide bonds. The van der Waals surface area contributed by atoms with Crippen LogP contribution in [0.4, 0.5) is 0 Å². The molecule has 122 valence electrons. The van der Waals surface area contributed by atoms with E-state index in [4.69, 9.17) is 4.74 Å². The fourth-order valence-electron chi connectivity index (χ4n) is 3.01. The summed E-state index contributed by atoms with van der Waals surface area (Å²) >= 11 is 0. The number of hydrogen-bond donors (Lipinski definition) is 1. The quantitative estimate of drug-likeness (QED) is 0.834. The minimum atomic E-state index is 0.238. The van der Waals surface area contributed by atoms with Gasteiger partial charge < -0.3 is 14.6 Å². The Kier molecular flexibility index (Phi) is 5.29. The summed E-state index contributed by atoms with van der Waals surface area (Å²) in [6.07, 6.45) is 6.99. The van der Waals surface area contributed by atoms with Crippen LogP contribution in [0.2, 0.25) is 0 Å². The number of benzene rings is 1. The molecular formula is C18H23N3O2. The molecule has 1 aliphatic rings. The maximum atomic E-state index is 12.3. The Morgan fingerprint density at radius 2 is 2.04 bits per heavy atom. The summed E-state index contributed by atoms with van der Waals surface area (Å²) in [6.45, 7) is 2.24. The fraction of sp³-hybridized carbons (Fsp3) is 0.444. The number of amides is 1. The van der Waals surface area contributed by atoms with Gasteiger partial charge in [0, 0.05) is 31.6 Å². The van der Waals surface area contributed by atoms with Crippen LogP contribution in [0.3, 0.4) is 0 Å². The number of carbonyl (C=O) groups excluding carboxylic acids is 1. The van der Waals surface area contributed by atoms with Crippen LogP contribution in [0.1, 0.15) is 37.3 Å². The number of para-hydroxylation sites is 1. The number of nitrogens with one attached hydrogen (secondary N) is 1. The lowest BCUT2D eigenvalue weighted by Crippen LogP contribution is -2.38. The topological polar surface area (TPSA) is 58.2 Å². The highest BCUT2D eigenvalue weighted by Crippen LogP contribution is 2.26. The Morgan fingerprint density at radius 1 is 1.26 bits per heavy atom. The third kappa shape index (κ3) is 4.34. The molecule has 0 aliphatic carbocycles. The zero-order valence-corrected chi connectivity index (χ0v) is 13.3. The minimum absolute atomic E-state index is 0.238. The van der Waals surface area contributed by atoms with E-state index in [2.05, 4.69) is 9.97 Å². The number of ether oxygens (including phenoxy) is 1. The van der Waals surface area contributed by atoms with Gasteiger partial charge in [0.1, 0.15) is 5.75 Å². The van der Waals surface area contributed by atoms with E-state index in [1.807, 2.05) is 41.4 Å². The van der Waals surface area contributed by atoms with Gasteiger partial charge in [0.25, 0.3) is 0 Å². The molecule has 1 fully saturated rings. The SMILES string of the molecule is O=C(CCCOc1ccccc1)N1CCC(c2c[nH]cn2)CC1. The summed E-state index contributed by atoms with van der Waals surface area (Å²) in [7, 11) is 0. The molecule has 1 N–H and O–H groups in total. The Hall–Kier alpha value is -2.30. The van der Waals surface area contributed by atoms with Crippen molar-refractivity contribution >= 4 is 5.91 Å². The van der Waals surface area contributed by atoms with Gasteiger partial charge in [-0.1, -0.05) is 18.2 Å². The molecule has 1 aromatic carbocycles. The van der Waals surface area contributed by atoms with Crippen LogP contribution in [0.25, 0.3) is 0 Å². The maximum absolute atomic E-state index is 12.3. The predicted molar refractivity (Wildman–Crippen MR) is 88.3 cm³/mol. The van der Waals surface area contributed by atoms with Crippen molar-refractivity contribution in [3.8, 4) is 5.75 Å². The first-order valence-corrected chi connectivity index (χ1v) is 8.27. The van der Waals surface area contributed by atoms with Crippen molar-refractivity contribution in [1.29, 1.82) is 0 Å². The number of carbonyl (C=O) groups is 1. The molecule has 5 nitrogen and oxygen atoms in total. The summed E-state index contributed by atoms with van der Waals surface area (Å²) in [5, 5.41) is 0. The molecule has 2 aromatic rings. The van der Waals surface area contributed by atoms with Gasteiger partial charge in [-0.3, -0.25) is 4.79 Å². The second-order valence-electron chi connectivity index (χ2n) is 5.91. The van der Waals surface area contributed by atoms with Gasteiger partial charge in [-0.05, 0) is 31.4 Å². The summed E-state index contributed by atoms with van der Waals surface area (Å²) in [5.74, 6) is 1.58. The van der Waals surface area contributed by atoms with Crippen molar-refractivity contribution in [2.24, 2.45) is 0 Å². The first-order chi connectivity index (χ1) is 11.3. The number of rotatable bonds is 6. The average Bonchev–Trinajstić information content (AvgIpc) is 3.14. The molecule has 1 saturated heterocycles. The summed E-state index contributed by atoms with van der Waals surface area (Å²) in [4.78, 5) is 21.6. The van der Waals surface area contributed by atoms with Gasteiger partial charge in [0.15, 0.2) is 0 Å². The second-order valence-corrected chi connectivity index (χ2v) is 5.91. The van der Waals surface area contributed by atoms with E-state index in [0.29, 0.717) is 18.9 Å². The van der Waals surface area contributed by atoms with Crippen LogP contribution in [0.15, 0.2) is 42.9 Å². The van der Waals surface area contributed by atoms with E-state index in [1.54, 1.807) is 6.33 Å². The molecular weight excluding hydrogens is 290 g/mol. The van der Waals surface area contributed by atoms with Gasteiger partial charge >= 0.3 is 0 Å². The molecule has 0 spiro atoms. The maximum Gasteiger partial charge on any atom is 0.222 e. The van der Waals surface area contributed by atoms with E-state index in [1.165, 1.54) is 0 Å². The number of H-pyrrole nitrogens is 1. The lowest BCUT2D eigenvalue weighted by Gasteiger charge is -2.31. The van der Waals surface area contributed by atoms with Crippen LogP contribution in [0, 0.1) is 0 Å². The highest BCUT2D eigenvalue weighted by Gasteiger charge is 2.24. The number of hydrogen-bond acceptors (Lipinski definition) is 3. The van der Waals surface area contributed by atoms with E-state index in [9.17, 15) is 4.79 Å². The normalized spacial score (nSPS) is 15.6. The molecule has 0 unspecified atom stereocenters. The van der Waals surface area contributed by atoms with Gasteiger partial charge in [0.05, 0.1) is 18.6 Å². The summed E-state index contributed by atoms with van der Waals surface area (Å²) < 4.78 is 5.63. The van der Waals surface area contributed by atoms with Crippen molar-refractivity contribution in [2.45, 2.75) is 31.6 Å². The zero-order chi connectivity index (χ0) is 15.9. The Bertz CT molecular complexity index is 590. The van der Waals surface area contributed by atoms with Crippen molar-refractivity contribution in [1.82, 2.24) is 14.9 Å². The molecule has 2 heterocycles. The number of nitrogens with zero attached hydrogens (tertiary/aromatic N) is 2. The van der Waals surface area contributed by atoms with E-state index >= 15 is 0 Å².